The highest BCUT2D eigenvalue weighted by molar-refractivity contribution is 5.84. The van der Waals surface area contributed by atoms with E-state index in [1.807, 2.05) is 0 Å². The Balaban J connectivity index is 2.56. The van der Waals surface area contributed by atoms with E-state index in [4.69, 9.17) is 10.2 Å². The quantitative estimate of drug-likeness (QED) is 0.651. The molecule has 1 heterocycles. The van der Waals surface area contributed by atoms with Crippen LogP contribution in [0.25, 0.3) is 0 Å². The number of aliphatic hydroxyl groups excluding tert-OH is 1. The molecule has 1 rings (SSSR count). The van der Waals surface area contributed by atoms with Gasteiger partial charge in [-0.3, -0.25) is 9.36 Å². The molecule has 0 aromatic carbocycles. The molecule has 1 aromatic heterocycles. The third kappa shape index (κ3) is 2.38. The number of aliphatic carboxylic acids is 1. The molecule has 0 saturated carbocycles. The zero-order valence-corrected chi connectivity index (χ0v) is 6.62. The van der Waals surface area contributed by atoms with Crippen LogP contribution in [0.4, 0.5) is 0 Å². The second-order valence-electron chi connectivity index (χ2n) is 2.42. The number of aromatic nitrogens is 2. The highest BCUT2D eigenvalue weighted by atomic mass is 16.4. The topological polar surface area (TPSA) is 92.4 Å². The Bertz CT molecular complexity index is 306. The summed E-state index contributed by atoms with van der Waals surface area (Å²) in [6, 6.07) is 0. The zero-order valence-electron chi connectivity index (χ0n) is 6.62. The van der Waals surface area contributed by atoms with E-state index in [1.165, 1.54) is 18.7 Å². The molecular formula is C7H8N2O4. The highest BCUT2D eigenvalue weighted by Crippen LogP contribution is 1.96. The minimum absolute atomic E-state index is 0.453. The van der Waals surface area contributed by atoms with Crippen LogP contribution in [0.1, 0.15) is 11.2 Å². The van der Waals surface area contributed by atoms with Crippen LogP contribution < -0.4 is 0 Å². The summed E-state index contributed by atoms with van der Waals surface area (Å²) in [5.74, 6) is -1.92. The first kappa shape index (κ1) is 9.40. The number of carboxylic acids is 1. The predicted molar refractivity (Wildman–Crippen MR) is 41.1 cm³/mol. The molecule has 0 bridgehead atoms. The van der Waals surface area contributed by atoms with Crippen LogP contribution in [0, 0.1) is 0 Å². The maximum Gasteiger partial charge on any atom is 0.333 e. The van der Waals surface area contributed by atoms with Crippen LogP contribution in [0.5, 0.6) is 0 Å². The first-order chi connectivity index (χ1) is 6.11. The Morgan fingerprint density at radius 2 is 2.23 bits per heavy atom. The monoisotopic (exact) mass is 184 g/mol. The van der Waals surface area contributed by atoms with Crippen molar-refractivity contribution in [2.45, 2.75) is 12.5 Å². The van der Waals surface area contributed by atoms with Crippen molar-refractivity contribution in [3.8, 4) is 0 Å². The molecule has 0 aliphatic heterocycles. The van der Waals surface area contributed by atoms with Crippen LogP contribution in [-0.2, 0) is 4.79 Å². The van der Waals surface area contributed by atoms with Crippen molar-refractivity contribution < 1.29 is 19.8 Å². The lowest BCUT2D eigenvalue weighted by Crippen LogP contribution is -2.25. The van der Waals surface area contributed by atoms with E-state index in [2.05, 4.69) is 4.98 Å². The van der Waals surface area contributed by atoms with Crippen LogP contribution in [-0.4, -0.2) is 37.7 Å². The van der Waals surface area contributed by atoms with Crippen molar-refractivity contribution in [3.05, 3.63) is 18.7 Å². The van der Waals surface area contributed by atoms with Gasteiger partial charge in [0, 0.05) is 12.4 Å². The summed E-state index contributed by atoms with van der Waals surface area (Å²) in [6.45, 7) is 0. The van der Waals surface area contributed by atoms with Crippen LogP contribution in [0.15, 0.2) is 18.7 Å². The van der Waals surface area contributed by atoms with Gasteiger partial charge in [0.1, 0.15) is 6.33 Å². The Morgan fingerprint density at radius 1 is 1.54 bits per heavy atom. The van der Waals surface area contributed by atoms with Gasteiger partial charge in [0.25, 0.3) is 0 Å². The number of aliphatic hydroxyl groups is 1. The number of imidazole rings is 1. The summed E-state index contributed by atoms with van der Waals surface area (Å²) in [5, 5.41) is 17.1. The molecule has 13 heavy (non-hydrogen) atoms. The Hall–Kier alpha value is -1.69. The average Bonchev–Trinajstić information content (AvgIpc) is 2.55. The minimum Gasteiger partial charge on any atom is -0.479 e. The molecule has 0 unspecified atom stereocenters. The summed E-state index contributed by atoms with van der Waals surface area (Å²) in [5.41, 5.74) is 0. The zero-order chi connectivity index (χ0) is 9.84. The molecule has 0 fully saturated rings. The smallest absolute Gasteiger partial charge is 0.333 e. The Morgan fingerprint density at radius 3 is 2.69 bits per heavy atom. The predicted octanol–water partition coefficient (Wildman–Crippen LogP) is -0.641. The van der Waals surface area contributed by atoms with Crippen molar-refractivity contribution >= 4 is 11.9 Å². The van der Waals surface area contributed by atoms with Gasteiger partial charge in [-0.2, -0.15) is 0 Å². The van der Waals surface area contributed by atoms with Gasteiger partial charge in [-0.25, -0.2) is 9.78 Å². The summed E-state index contributed by atoms with van der Waals surface area (Å²) in [7, 11) is 0. The third-order valence-corrected chi connectivity index (χ3v) is 1.45. The van der Waals surface area contributed by atoms with E-state index in [0.717, 1.165) is 4.57 Å². The molecule has 0 aliphatic rings. The molecule has 70 valence electrons. The maximum atomic E-state index is 11.1. The van der Waals surface area contributed by atoms with Gasteiger partial charge in [0.05, 0.1) is 6.42 Å². The molecule has 1 aromatic rings. The SMILES string of the molecule is O=C(O)[C@H](O)CC(=O)n1ccnc1. The lowest BCUT2D eigenvalue weighted by Gasteiger charge is -2.03. The van der Waals surface area contributed by atoms with Gasteiger partial charge < -0.3 is 10.2 Å². The highest BCUT2D eigenvalue weighted by Gasteiger charge is 2.18. The van der Waals surface area contributed by atoms with Crippen LogP contribution >= 0.6 is 0 Å². The number of carbonyl (C=O) groups is 2. The van der Waals surface area contributed by atoms with Crippen LogP contribution in [0.2, 0.25) is 0 Å². The van der Waals surface area contributed by atoms with Gasteiger partial charge in [-0.05, 0) is 0 Å². The van der Waals surface area contributed by atoms with E-state index in [1.54, 1.807) is 0 Å². The Labute approximate surface area is 73.4 Å². The number of hydrogen-bond donors (Lipinski definition) is 2. The van der Waals surface area contributed by atoms with Crippen molar-refractivity contribution in [1.82, 2.24) is 9.55 Å². The Kier molecular flexibility index (Phi) is 2.76. The van der Waals surface area contributed by atoms with E-state index in [9.17, 15) is 9.59 Å². The van der Waals surface area contributed by atoms with Crippen molar-refractivity contribution in [2.75, 3.05) is 0 Å². The molecule has 6 nitrogen and oxygen atoms in total. The number of carbonyl (C=O) groups excluding carboxylic acids is 1. The molecule has 6 heteroatoms. The van der Waals surface area contributed by atoms with E-state index >= 15 is 0 Å². The lowest BCUT2D eigenvalue weighted by atomic mass is 10.2. The molecule has 0 spiro atoms. The van der Waals surface area contributed by atoms with Crippen molar-refractivity contribution in [2.24, 2.45) is 0 Å². The molecule has 0 amide bonds. The second kappa shape index (κ2) is 3.81. The number of rotatable bonds is 3. The summed E-state index contributed by atoms with van der Waals surface area (Å²) >= 11 is 0. The summed E-state index contributed by atoms with van der Waals surface area (Å²) < 4.78 is 1.12. The fraction of sp³-hybridized carbons (Fsp3) is 0.286. The van der Waals surface area contributed by atoms with Gasteiger partial charge in [-0.1, -0.05) is 0 Å². The molecule has 0 radical (unpaired) electrons. The molecular weight excluding hydrogens is 176 g/mol. The fourth-order valence-corrected chi connectivity index (χ4v) is 0.765. The van der Waals surface area contributed by atoms with Crippen LogP contribution in [0.3, 0.4) is 0 Å². The molecule has 2 N–H and O–H groups in total. The summed E-state index contributed by atoms with van der Waals surface area (Å²) in [6.07, 6.45) is 1.92. The number of carboxylic acid groups (broad SMARTS) is 1. The first-order valence-corrected chi connectivity index (χ1v) is 3.53. The lowest BCUT2D eigenvalue weighted by molar-refractivity contribution is -0.146. The van der Waals surface area contributed by atoms with E-state index < -0.39 is 24.4 Å². The molecule has 1 atom stereocenters. The molecule has 0 saturated heterocycles. The second-order valence-corrected chi connectivity index (χ2v) is 2.42. The third-order valence-electron chi connectivity index (χ3n) is 1.45. The van der Waals surface area contributed by atoms with Gasteiger partial charge in [0.2, 0.25) is 5.91 Å². The van der Waals surface area contributed by atoms with Gasteiger partial charge in [-0.15, -0.1) is 0 Å². The number of nitrogens with zero attached hydrogens (tertiary/aromatic N) is 2. The first-order valence-electron chi connectivity index (χ1n) is 3.53. The minimum atomic E-state index is -1.66. The standard InChI is InChI=1S/C7H8N2O4/c10-5(7(12)13)3-6(11)9-2-1-8-4-9/h1-2,4-5,10H,3H2,(H,12,13)/t5-/m1/s1. The van der Waals surface area contributed by atoms with E-state index in [-0.39, 0.29) is 0 Å². The average molecular weight is 184 g/mol. The number of hydrogen-bond acceptors (Lipinski definition) is 4. The van der Waals surface area contributed by atoms with E-state index in [0.29, 0.717) is 0 Å². The molecule has 0 aliphatic carbocycles. The van der Waals surface area contributed by atoms with Gasteiger partial charge in [0.15, 0.2) is 6.10 Å². The summed E-state index contributed by atoms with van der Waals surface area (Å²) in [4.78, 5) is 24.9. The largest absolute Gasteiger partial charge is 0.479 e. The van der Waals surface area contributed by atoms with Crippen molar-refractivity contribution in [1.29, 1.82) is 0 Å². The van der Waals surface area contributed by atoms with Gasteiger partial charge >= 0.3 is 5.97 Å². The van der Waals surface area contributed by atoms with Crippen molar-refractivity contribution in [3.63, 3.8) is 0 Å². The normalized spacial score (nSPS) is 12.4. The maximum absolute atomic E-state index is 11.1. The fourth-order valence-electron chi connectivity index (χ4n) is 0.765.